The summed E-state index contributed by atoms with van der Waals surface area (Å²) in [5.41, 5.74) is -7.87. The van der Waals surface area contributed by atoms with Crippen molar-refractivity contribution in [2.24, 2.45) is 0 Å². The number of carbonyl (C=O) groups excluding carboxylic acids is 4. The van der Waals surface area contributed by atoms with Crippen molar-refractivity contribution in [1.82, 2.24) is 0 Å². The molecule has 1 aromatic rings. The molecule has 2 aliphatic rings. The van der Waals surface area contributed by atoms with Crippen LogP contribution in [0.3, 0.4) is 0 Å². The summed E-state index contributed by atoms with van der Waals surface area (Å²) in [4.78, 5) is 52.1. The Kier molecular flexibility index (Phi) is 6.16. The fourth-order valence-electron chi connectivity index (χ4n) is 4.85. The van der Waals surface area contributed by atoms with E-state index in [0.717, 1.165) is 33.3 Å². The van der Waals surface area contributed by atoms with Gasteiger partial charge in [-0.05, 0) is 45.7 Å². The number of aliphatic hydroxyl groups is 4. The van der Waals surface area contributed by atoms with Crippen molar-refractivity contribution in [3.05, 3.63) is 29.8 Å². The van der Waals surface area contributed by atoms with Crippen LogP contribution in [0, 0.1) is 0 Å². The Balaban J connectivity index is 2.34. The molecule has 1 aromatic carbocycles. The van der Waals surface area contributed by atoms with Crippen LogP contribution in [0.5, 0.6) is 0 Å². The fourth-order valence-corrected chi connectivity index (χ4v) is 6.90. The van der Waals surface area contributed by atoms with Gasteiger partial charge in [-0.2, -0.15) is 0 Å². The van der Waals surface area contributed by atoms with Crippen molar-refractivity contribution < 1.29 is 39.6 Å². The zero-order chi connectivity index (χ0) is 24.2. The molecule has 0 aromatic heterocycles. The van der Waals surface area contributed by atoms with Crippen LogP contribution in [-0.4, -0.2) is 83.6 Å². The number of aliphatic hydroxyl groups excluding tert-OH is 1. The number of anilines is 1. The zero-order valence-corrected chi connectivity index (χ0v) is 19.0. The molecule has 1 fully saturated rings. The monoisotopic (exact) mass is 465 g/mol. The predicted molar refractivity (Wildman–Crippen MR) is 116 cm³/mol. The van der Waals surface area contributed by atoms with Crippen LogP contribution in [0.4, 0.5) is 5.69 Å². The van der Waals surface area contributed by atoms with Gasteiger partial charge in [-0.3, -0.25) is 19.2 Å². The highest BCUT2D eigenvalue weighted by molar-refractivity contribution is 8.01. The van der Waals surface area contributed by atoms with Gasteiger partial charge in [0.05, 0.1) is 5.25 Å². The number of rotatable bonds is 6. The number of hydrogen-bond acceptors (Lipinski definition) is 10. The molecule has 32 heavy (non-hydrogen) atoms. The number of benzene rings is 1. The summed E-state index contributed by atoms with van der Waals surface area (Å²) in [7, 11) is 0. The second-order valence-electron chi connectivity index (χ2n) is 8.45. The van der Waals surface area contributed by atoms with Crippen LogP contribution in [0.15, 0.2) is 24.3 Å². The van der Waals surface area contributed by atoms with E-state index in [4.69, 9.17) is 0 Å². The minimum atomic E-state index is -3.33. The highest BCUT2D eigenvalue weighted by Gasteiger charge is 2.79. The molecule has 0 radical (unpaired) electrons. The maximum absolute atomic E-state index is 12.9. The minimum absolute atomic E-state index is 0.294. The quantitative estimate of drug-likeness (QED) is 0.428. The molecular weight excluding hydrogens is 438 g/mol. The van der Waals surface area contributed by atoms with Gasteiger partial charge >= 0.3 is 0 Å². The normalized spacial score (nSPS) is 35.2. The van der Waals surface area contributed by atoms with E-state index in [-0.39, 0.29) is 0 Å². The van der Waals surface area contributed by atoms with Gasteiger partial charge < -0.3 is 25.3 Å². The second-order valence-corrected chi connectivity index (χ2v) is 9.67. The number of para-hydroxylation sites is 1. The Hall–Kier alpha value is -2.11. The number of thioether (sulfide) groups is 1. The molecule has 1 unspecified atom stereocenters. The lowest BCUT2D eigenvalue weighted by Crippen LogP contribution is -2.86. The molecule has 3 rings (SSSR count). The summed E-state index contributed by atoms with van der Waals surface area (Å²) >= 11 is 0.620. The molecule has 0 spiro atoms. The Morgan fingerprint density at radius 2 is 1.53 bits per heavy atom. The molecule has 4 N–H and O–H groups in total. The van der Waals surface area contributed by atoms with Crippen LogP contribution in [0.1, 0.15) is 33.3 Å². The van der Waals surface area contributed by atoms with Crippen LogP contribution in [-0.2, 0) is 25.6 Å². The molecule has 0 amide bonds. The Labute approximate surface area is 189 Å². The first kappa shape index (κ1) is 24.5. The Bertz CT molecular complexity index is 998. The zero-order valence-electron chi connectivity index (χ0n) is 18.2. The fraction of sp³-hybridized carbons (Fsp3) is 0.545. The molecule has 0 saturated carbocycles. The average Bonchev–Trinajstić information content (AvgIpc) is 3.15. The van der Waals surface area contributed by atoms with E-state index < -0.39 is 56.7 Å². The highest BCUT2D eigenvalue weighted by Crippen LogP contribution is 2.55. The van der Waals surface area contributed by atoms with Gasteiger partial charge in [0.2, 0.25) is 0 Å². The van der Waals surface area contributed by atoms with Gasteiger partial charge in [0.1, 0.15) is 11.5 Å². The van der Waals surface area contributed by atoms with E-state index in [9.17, 15) is 39.6 Å². The largest absolute Gasteiger partial charge is 0.384 e. The average molecular weight is 466 g/mol. The maximum Gasteiger partial charge on any atom is 0.198 e. The number of ketones is 4. The number of fused-ring (bicyclic) bond motifs is 1. The minimum Gasteiger partial charge on any atom is -0.384 e. The molecule has 9 nitrogen and oxygen atoms in total. The molecule has 2 aliphatic heterocycles. The lowest BCUT2D eigenvalue weighted by molar-refractivity contribution is -0.235. The molecule has 2 heterocycles. The van der Waals surface area contributed by atoms with E-state index in [1.807, 2.05) is 12.1 Å². The maximum atomic E-state index is 12.9. The van der Waals surface area contributed by atoms with E-state index in [1.54, 1.807) is 17.0 Å². The van der Waals surface area contributed by atoms with E-state index >= 15 is 0 Å². The summed E-state index contributed by atoms with van der Waals surface area (Å²) in [6.07, 6.45) is -1.42. The third-order valence-electron chi connectivity index (χ3n) is 6.64. The second kappa shape index (κ2) is 8.03. The van der Waals surface area contributed by atoms with Crippen molar-refractivity contribution >= 4 is 40.6 Å². The van der Waals surface area contributed by atoms with Gasteiger partial charge in [0.25, 0.3) is 0 Å². The lowest BCUT2D eigenvalue weighted by Gasteiger charge is -2.60. The first-order chi connectivity index (χ1) is 14.8. The van der Waals surface area contributed by atoms with E-state index in [1.165, 1.54) is 0 Å². The summed E-state index contributed by atoms with van der Waals surface area (Å²) in [5, 5.41) is 42.4. The van der Waals surface area contributed by atoms with Crippen LogP contribution in [0.2, 0.25) is 0 Å². The van der Waals surface area contributed by atoms with Crippen molar-refractivity contribution in [3.63, 3.8) is 0 Å². The smallest absolute Gasteiger partial charge is 0.198 e. The predicted octanol–water partition coefficient (Wildman–Crippen LogP) is -0.599. The molecular formula is C22H27NO8S. The highest BCUT2D eigenvalue weighted by atomic mass is 32.2. The van der Waals surface area contributed by atoms with Crippen LogP contribution >= 0.6 is 11.8 Å². The standard InChI is InChI=1S/C22H27NO8S/c1-11(24)17(28)18-20(29,12(2)25)22(31,14(4)27)21(30,13(3)26)19(32-18)23-10-9-15-7-5-6-8-16(15)23/h5-8,17-19,28-31H,9-10H2,1-4H3/t17?,18-,19-,20+,21-,22-/m0/s1. The first-order valence-electron chi connectivity index (χ1n) is 10.1. The van der Waals surface area contributed by atoms with Crippen molar-refractivity contribution in [2.75, 3.05) is 11.4 Å². The van der Waals surface area contributed by atoms with Gasteiger partial charge in [-0.15, -0.1) is 11.8 Å². The number of hydrogen-bond donors (Lipinski definition) is 4. The molecule has 10 heteroatoms. The molecule has 174 valence electrons. The van der Waals surface area contributed by atoms with Crippen molar-refractivity contribution in [3.8, 4) is 0 Å². The van der Waals surface area contributed by atoms with Gasteiger partial charge in [-0.25, -0.2) is 0 Å². The molecule has 6 atom stereocenters. The van der Waals surface area contributed by atoms with Crippen molar-refractivity contribution in [1.29, 1.82) is 0 Å². The molecule has 1 saturated heterocycles. The molecule has 0 bridgehead atoms. The molecule has 0 aliphatic carbocycles. The van der Waals surface area contributed by atoms with Gasteiger partial charge in [0, 0.05) is 12.2 Å². The Morgan fingerprint density at radius 3 is 2.03 bits per heavy atom. The lowest BCUT2D eigenvalue weighted by atomic mass is 9.62. The summed E-state index contributed by atoms with van der Waals surface area (Å²) in [5.74, 6) is -4.28. The summed E-state index contributed by atoms with van der Waals surface area (Å²) < 4.78 is 0. The summed E-state index contributed by atoms with van der Waals surface area (Å²) in [6, 6.07) is 7.14. The first-order valence-corrected chi connectivity index (χ1v) is 11.1. The topological polar surface area (TPSA) is 152 Å². The Morgan fingerprint density at radius 1 is 0.969 bits per heavy atom. The van der Waals surface area contributed by atoms with Crippen molar-refractivity contribution in [2.45, 2.75) is 67.6 Å². The van der Waals surface area contributed by atoms with Crippen LogP contribution in [0.25, 0.3) is 0 Å². The number of nitrogens with zero attached hydrogens (tertiary/aromatic N) is 1. The number of carbonyl (C=O) groups is 4. The van der Waals surface area contributed by atoms with Gasteiger partial charge in [-0.1, -0.05) is 18.2 Å². The third kappa shape index (κ3) is 3.01. The van der Waals surface area contributed by atoms with Crippen LogP contribution < -0.4 is 4.90 Å². The number of Topliss-reactive ketones (excluding diaryl/α,β-unsaturated/α-hetero) is 4. The third-order valence-corrected chi connectivity index (χ3v) is 8.39. The van der Waals surface area contributed by atoms with E-state index in [0.29, 0.717) is 30.4 Å². The van der Waals surface area contributed by atoms with E-state index in [2.05, 4.69) is 0 Å². The summed E-state index contributed by atoms with van der Waals surface area (Å²) in [6.45, 7) is 3.97. The van der Waals surface area contributed by atoms with Gasteiger partial charge in [0.15, 0.2) is 39.9 Å². The SMILES string of the molecule is CC(=O)C(O)[C@@H]1S[C@H](N2CCc3ccccc32)[C@@](O)(C(C)=O)[C@](O)(C(C)=O)[C@@]1(O)C(C)=O.